The largest absolute Gasteiger partial charge is 0.399 e. The zero-order valence-electron chi connectivity index (χ0n) is 10.9. The Hall–Kier alpha value is -1.68. The first-order valence-corrected chi connectivity index (χ1v) is 7.13. The third-order valence-corrected chi connectivity index (χ3v) is 3.43. The molecule has 2 aromatic rings. The molecule has 0 radical (unpaired) electrons. The van der Waals surface area contributed by atoms with Crippen LogP contribution in [0.3, 0.4) is 0 Å². The molecular formula is C16H15BrFNO. The van der Waals surface area contributed by atoms with E-state index in [1.165, 1.54) is 12.1 Å². The van der Waals surface area contributed by atoms with Crippen LogP contribution in [0.4, 0.5) is 10.1 Å². The van der Waals surface area contributed by atoms with E-state index in [1.54, 1.807) is 6.07 Å². The Balaban J connectivity index is 1.92. The lowest BCUT2D eigenvalue weighted by Crippen LogP contribution is -2.05. The molecule has 0 bridgehead atoms. The second-order valence-corrected chi connectivity index (χ2v) is 5.65. The molecule has 2 N–H and O–H groups in total. The molecule has 0 amide bonds. The van der Waals surface area contributed by atoms with Gasteiger partial charge in [0.15, 0.2) is 0 Å². The summed E-state index contributed by atoms with van der Waals surface area (Å²) in [4.78, 5) is 11.9. The highest BCUT2D eigenvalue weighted by Gasteiger charge is 2.07. The minimum Gasteiger partial charge on any atom is -0.399 e. The number of Topliss-reactive ketones (excluding diaryl/α,β-unsaturated/α-hetero) is 1. The summed E-state index contributed by atoms with van der Waals surface area (Å²) in [5, 5.41) is 0. The van der Waals surface area contributed by atoms with Crippen LogP contribution in [0.5, 0.6) is 0 Å². The van der Waals surface area contributed by atoms with Gasteiger partial charge in [0.25, 0.3) is 0 Å². The van der Waals surface area contributed by atoms with E-state index in [4.69, 9.17) is 5.73 Å². The Morgan fingerprint density at radius 1 is 1.15 bits per heavy atom. The molecule has 0 aliphatic heterocycles. The minimum absolute atomic E-state index is 0.0879. The Kier molecular flexibility index (Phi) is 4.90. The highest BCUT2D eigenvalue weighted by Crippen LogP contribution is 2.16. The van der Waals surface area contributed by atoms with Crippen LogP contribution in [0.25, 0.3) is 0 Å². The fourth-order valence-corrected chi connectivity index (χ4v) is 2.57. The Bertz CT molecular complexity index is 607. The zero-order valence-corrected chi connectivity index (χ0v) is 12.5. The predicted molar refractivity (Wildman–Crippen MR) is 82.0 cm³/mol. The van der Waals surface area contributed by atoms with Crippen LogP contribution in [0, 0.1) is 5.82 Å². The van der Waals surface area contributed by atoms with E-state index in [0.29, 0.717) is 28.6 Å². The summed E-state index contributed by atoms with van der Waals surface area (Å²) in [6, 6.07) is 12.0. The first-order valence-electron chi connectivity index (χ1n) is 6.34. The van der Waals surface area contributed by atoms with Crippen molar-refractivity contribution in [3.8, 4) is 0 Å². The number of halogens is 2. The molecular weight excluding hydrogens is 321 g/mol. The molecule has 0 aliphatic carbocycles. The van der Waals surface area contributed by atoms with Gasteiger partial charge in [-0.3, -0.25) is 4.79 Å². The van der Waals surface area contributed by atoms with Gasteiger partial charge in [0, 0.05) is 23.0 Å². The molecule has 20 heavy (non-hydrogen) atoms. The molecule has 0 fully saturated rings. The van der Waals surface area contributed by atoms with Crippen LogP contribution in [-0.2, 0) is 17.6 Å². The van der Waals surface area contributed by atoms with Crippen molar-refractivity contribution in [2.24, 2.45) is 0 Å². The average molecular weight is 336 g/mol. The van der Waals surface area contributed by atoms with Gasteiger partial charge in [0.05, 0.1) is 0 Å². The van der Waals surface area contributed by atoms with Crippen molar-refractivity contribution in [2.45, 2.75) is 19.3 Å². The first-order chi connectivity index (χ1) is 9.52. The van der Waals surface area contributed by atoms with Crippen LogP contribution in [0.1, 0.15) is 17.5 Å². The second kappa shape index (κ2) is 6.66. The molecule has 0 heterocycles. The number of hydrogen-bond acceptors (Lipinski definition) is 2. The van der Waals surface area contributed by atoms with Crippen LogP contribution in [0.15, 0.2) is 46.9 Å². The third-order valence-electron chi connectivity index (χ3n) is 2.97. The molecule has 2 nitrogen and oxygen atoms in total. The number of rotatable bonds is 5. The predicted octanol–water partition coefficient (Wildman–Crippen LogP) is 3.91. The van der Waals surface area contributed by atoms with Crippen LogP contribution in [-0.4, -0.2) is 5.78 Å². The van der Waals surface area contributed by atoms with Crippen LogP contribution < -0.4 is 5.73 Å². The summed E-state index contributed by atoms with van der Waals surface area (Å²) < 4.78 is 13.9. The molecule has 0 saturated carbocycles. The maximum Gasteiger partial charge on any atom is 0.137 e. The van der Waals surface area contributed by atoms with Gasteiger partial charge in [-0.25, -0.2) is 4.39 Å². The maximum atomic E-state index is 13.2. The van der Waals surface area contributed by atoms with Gasteiger partial charge in [-0.1, -0.05) is 28.1 Å². The van der Waals surface area contributed by atoms with Gasteiger partial charge in [-0.15, -0.1) is 0 Å². The second-order valence-electron chi connectivity index (χ2n) is 4.74. The summed E-state index contributed by atoms with van der Waals surface area (Å²) >= 11 is 3.22. The van der Waals surface area contributed by atoms with E-state index in [2.05, 4.69) is 15.9 Å². The van der Waals surface area contributed by atoms with Crippen molar-refractivity contribution in [3.05, 3.63) is 63.9 Å². The summed E-state index contributed by atoms with van der Waals surface area (Å²) in [6.45, 7) is 0. The van der Waals surface area contributed by atoms with Gasteiger partial charge in [-0.2, -0.15) is 0 Å². The monoisotopic (exact) mass is 335 g/mol. The van der Waals surface area contributed by atoms with Crippen molar-refractivity contribution in [3.63, 3.8) is 0 Å². The molecule has 0 aliphatic rings. The fraction of sp³-hybridized carbons (Fsp3) is 0.188. The van der Waals surface area contributed by atoms with Crippen molar-refractivity contribution in [1.29, 1.82) is 0 Å². The van der Waals surface area contributed by atoms with Gasteiger partial charge >= 0.3 is 0 Å². The van der Waals surface area contributed by atoms with E-state index < -0.39 is 0 Å². The zero-order chi connectivity index (χ0) is 14.5. The lowest BCUT2D eigenvalue weighted by molar-refractivity contribution is -0.118. The number of nitrogen functional groups attached to an aromatic ring is 1. The summed E-state index contributed by atoms with van der Waals surface area (Å²) in [5.41, 5.74) is 8.12. The molecule has 2 aromatic carbocycles. The summed E-state index contributed by atoms with van der Waals surface area (Å²) in [6.07, 6.45) is 1.33. The Morgan fingerprint density at radius 3 is 2.65 bits per heavy atom. The number of anilines is 1. The van der Waals surface area contributed by atoms with Crippen molar-refractivity contribution < 1.29 is 9.18 Å². The normalized spacial score (nSPS) is 10.5. The van der Waals surface area contributed by atoms with Gasteiger partial charge in [0.2, 0.25) is 0 Å². The Labute approximate surface area is 125 Å². The molecule has 2 rings (SSSR count). The molecule has 0 spiro atoms. The number of hydrogen-bond donors (Lipinski definition) is 1. The van der Waals surface area contributed by atoms with Crippen LogP contribution >= 0.6 is 15.9 Å². The first kappa shape index (κ1) is 14.7. The standard InChI is InChI=1S/C16H15BrFNO/c17-13-6-12(7-14(18)10-13)9-16(20)5-4-11-2-1-3-15(19)8-11/h1-3,6-8,10H,4-5,9,19H2. The molecule has 0 saturated heterocycles. The number of aryl methyl sites for hydroxylation is 1. The molecule has 0 atom stereocenters. The smallest absolute Gasteiger partial charge is 0.137 e. The van der Waals surface area contributed by atoms with Crippen molar-refractivity contribution in [1.82, 2.24) is 0 Å². The SMILES string of the molecule is Nc1cccc(CCC(=O)Cc2cc(F)cc(Br)c2)c1. The number of ketones is 1. The van der Waals surface area contributed by atoms with Crippen molar-refractivity contribution >= 4 is 27.4 Å². The van der Waals surface area contributed by atoms with Crippen LogP contribution in [0.2, 0.25) is 0 Å². The fourth-order valence-electron chi connectivity index (χ4n) is 2.06. The third kappa shape index (κ3) is 4.46. The molecule has 0 unspecified atom stereocenters. The highest BCUT2D eigenvalue weighted by atomic mass is 79.9. The van der Waals surface area contributed by atoms with E-state index in [9.17, 15) is 9.18 Å². The number of carbonyl (C=O) groups excluding carboxylic acids is 1. The lowest BCUT2D eigenvalue weighted by Gasteiger charge is -2.04. The Morgan fingerprint density at radius 2 is 1.95 bits per heavy atom. The van der Waals surface area contributed by atoms with E-state index in [-0.39, 0.29) is 18.0 Å². The summed E-state index contributed by atoms with van der Waals surface area (Å²) in [7, 11) is 0. The topological polar surface area (TPSA) is 43.1 Å². The van der Waals surface area contributed by atoms with E-state index in [0.717, 1.165) is 5.56 Å². The van der Waals surface area contributed by atoms with E-state index in [1.807, 2.05) is 24.3 Å². The van der Waals surface area contributed by atoms with Gasteiger partial charge in [0.1, 0.15) is 11.6 Å². The number of nitrogens with two attached hydrogens (primary N) is 1. The van der Waals surface area contributed by atoms with E-state index >= 15 is 0 Å². The quantitative estimate of drug-likeness (QED) is 0.841. The van der Waals surface area contributed by atoms with Gasteiger partial charge in [-0.05, 0) is 47.9 Å². The molecule has 0 aromatic heterocycles. The average Bonchev–Trinajstić information content (AvgIpc) is 2.35. The highest BCUT2D eigenvalue weighted by molar-refractivity contribution is 9.10. The maximum absolute atomic E-state index is 13.2. The number of carbonyl (C=O) groups is 1. The number of benzene rings is 2. The lowest BCUT2D eigenvalue weighted by atomic mass is 10.0. The minimum atomic E-state index is -0.335. The molecule has 104 valence electrons. The van der Waals surface area contributed by atoms with Gasteiger partial charge < -0.3 is 5.73 Å². The van der Waals surface area contributed by atoms with Crippen molar-refractivity contribution in [2.75, 3.05) is 5.73 Å². The molecule has 4 heteroatoms. The summed E-state index contributed by atoms with van der Waals surface area (Å²) in [5.74, 6) is -0.247.